The van der Waals surface area contributed by atoms with Crippen LogP contribution < -0.4 is 0 Å². The Morgan fingerprint density at radius 3 is 2.39 bits per heavy atom. The fourth-order valence-electron chi connectivity index (χ4n) is 3.90. The third-order valence-electron chi connectivity index (χ3n) is 5.18. The Kier molecular flexibility index (Phi) is 5.40. The van der Waals surface area contributed by atoms with Crippen molar-refractivity contribution in [1.82, 2.24) is 24.8 Å². The van der Waals surface area contributed by atoms with E-state index in [0.29, 0.717) is 17.8 Å². The molecule has 1 saturated heterocycles. The van der Waals surface area contributed by atoms with Crippen LogP contribution >= 0.6 is 0 Å². The molecule has 1 fully saturated rings. The first kappa shape index (κ1) is 19.9. The molecule has 0 radical (unpaired) electrons. The van der Waals surface area contributed by atoms with Gasteiger partial charge in [-0.05, 0) is 52.7 Å². The number of hydrogen-bond donors (Lipinski definition) is 1. The summed E-state index contributed by atoms with van der Waals surface area (Å²) in [7, 11) is 0. The van der Waals surface area contributed by atoms with Crippen molar-refractivity contribution in [1.29, 1.82) is 0 Å². The van der Waals surface area contributed by atoms with Gasteiger partial charge in [0.15, 0.2) is 0 Å². The van der Waals surface area contributed by atoms with Gasteiger partial charge in [-0.3, -0.25) is 9.69 Å². The number of nitrogens with zero attached hydrogens (tertiary/aromatic N) is 5. The molecule has 1 aliphatic heterocycles. The van der Waals surface area contributed by atoms with Gasteiger partial charge >= 0.3 is 6.09 Å². The molecule has 1 aromatic heterocycles. The number of likely N-dealkylation sites (tertiary alicyclic amines) is 1. The lowest BCUT2D eigenvalue weighted by Gasteiger charge is -2.46. The van der Waals surface area contributed by atoms with Gasteiger partial charge in [-0.1, -0.05) is 12.1 Å². The van der Waals surface area contributed by atoms with Crippen LogP contribution in [0.4, 0.5) is 4.79 Å². The number of carbonyl (C=O) groups excluding carboxylic acids is 1. The SMILES string of the molecule is C[C@@H]1CC[C@@H](N(C(=O)O)C(C)(C)C)CN1C(=O)c1ccccc1-n1nccn1. The standard InChI is InChI=1S/C20H27N5O3/c1-14-9-10-15(24(19(27)28)20(2,3)4)13-23(14)18(26)16-7-5-6-8-17(16)25-21-11-12-22-25/h5-8,11-12,14-15H,9-10,13H2,1-4H3,(H,27,28)/t14-,15-/m1/s1. The molecule has 2 heterocycles. The van der Waals surface area contributed by atoms with Gasteiger partial charge in [0.05, 0.1) is 29.7 Å². The minimum atomic E-state index is -0.958. The van der Waals surface area contributed by atoms with Gasteiger partial charge in [-0.25, -0.2) is 4.79 Å². The van der Waals surface area contributed by atoms with Crippen LogP contribution in [0.25, 0.3) is 5.69 Å². The fourth-order valence-corrected chi connectivity index (χ4v) is 3.90. The van der Waals surface area contributed by atoms with Crippen molar-refractivity contribution in [2.45, 2.75) is 58.2 Å². The quantitative estimate of drug-likeness (QED) is 0.877. The Morgan fingerprint density at radius 2 is 1.79 bits per heavy atom. The highest BCUT2D eigenvalue weighted by atomic mass is 16.4. The number of carbonyl (C=O) groups is 2. The van der Waals surface area contributed by atoms with Gasteiger partial charge in [0, 0.05) is 18.1 Å². The average Bonchev–Trinajstić information content (AvgIpc) is 3.16. The van der Waals surface area contributed by atoms with Gasteiger partial charge in [0.1, 0.15) is 0 Å². The second-order valence-corrected chi connectivity index (χ2v) is 8.20. The molecule has 8 heteroatoms. The molecule has 0 saturated carbocycles. The van der Waals surface area contributed by atoms with Gasteiger partial charge in [0.2, 0.25) is 0 Å². The zero-order chi connectivity index (χ0) is 20.5. The summed E-state index contributed by atoms with van der Waals surface area (Å²) in [6, 6.07) is 6.99. The minimum Gasteiger partial charge on any atom is -0.465 e. The van der Waals surface area contributed by atoms with Crippen LogP contribution in [0.5, 0.6) is 0 Å². The Labute approximate surface area is 164 Å². The van der Waals surface area contributed by atoms with E-state index in [4.69, 9.17) is 0 Å². The van der Waals surface area contributed by atoms with Crippen molar-refractivity contribution in [3.05, 3.63) is 42.2 Å². The van der Waals surface area contributed by atoms with Crippen LogP contribution in [0.15, 0.2) is 36.7 Å². The first-order valence-corrected chi connectivity index (χ1v) is 9.49. The highest BCUT2D eigenvalue weighted by Crippen LogP contribution is 2.28. The van der Waals surface area contributed by atoms with Crippen LogP contribution in [0.1, 0.15) is 50.9 Å². The lowest BCUT2D eigenvalue weighted by atomic mass is 9.93. The number of amides is 2. The molecule has 3 rings (SSSR count). The molecule has 2 amide bonds. The zero-order valence-corrected chi connectivity index (χ0v) is 16.7. The van der Waals surface area contributed by atoms with Crippen molar-refractivity contribution >= 4 is 12.0 Å². The Morgan fingerprint density at radius 1 is 1.14 bits per heavy atom. The predicted octanol–water partition coefficient (Wildman–Crippen LogP) is 3.04. The van der Waals surface area contributed by atoms with Crippen LogP contribution in [0, 0.1) is 0 Å². The van der Waals surface area contributed by atoms with Crippen LogP contribution in [0.3, 0.4) is 0 Å². The van der Waals surface area contributed by atoms with Gasteiger partial charge in [-0.2, -0.15) is 15.0 Å². The normalized spacial score (nSPS) is 20.1. The first-order valence-electron chi connectivity index (χ1n) is 9.49. The van der Waals surface area contributed by atoms with E-state index in [9.17, 15) is 14.7 Å². The van der Waals surface area contributed by atoms with E-state index < -0.39 is 11.6 Å². The van der Waals surface area contributed by atoms with E-state index >= 15 is 0 Å². The van der Waals surface area contributed by atoms with E-state index in [0.717, 1.165) is 12.8 Å². The zero-order valence-electron chi connectivity index (χ0n) is 16.7. The molecule has 8 nitrogen and oxygen atoms in total. The van der Waals surface area contributed by atoms with E-state index in [-0.39, 0.29) is 18.0 Å². The Balaban J connectivity index is 1.91. The Hall–Kier alpha value is -2.90. The highest BCUT2D eigenvalue weighted by Gasteiger charge is 2.39. The van der Waals surface area contributed by atoms with Crippen molar-refractivity contribution in [2.24, 2.45) is 0 Å². The molecule has 0 unspecified atom stereocenters. The number of benzene rings is 1. The first-order chi connectivity index (χ1) is 13.2. The number of para-hydroxylation sites is 1. The molecular weight excluding hydrogens is 358 g/mol. The molecule has 150 valence electrons. The van der Waals surface area contributed by atoms with Crippen LogP contribution in [0.2, 0.25) is 0 Å². The largest absolute Gasteiger partial charge is 0.465 e. The molecule has 2 atom stereocenters. The highest BCUT2D eigenvalue weighted by molar-refractivity contribution is 5.98. The lowest BCUT2D eigenvalue weighted by Crippen LogP contribution is -2.59. The maximum atomic E-state index is 13.4. The van der Waals surface area contributed by atoms with Gasteiger partial charge in [0.25, 0.3) is 5.91 Å². The van der Waals surface area contributed by atoms with Crippen molar-refractivity contribution in [2.75, 3.05) is 6.54 Å². The molecule has 0 bridgehead atoms. The molecule has 1 aliphatic rings. The minimum absolute atomic E-state index is 0.0259. The molecular formula is C20H27N5O3. The predicted molar refractivity (Wildman–Crippen MR) is 104 cm³/mol. The number of piperidine rings is 1. The molecule has 1 aromatic carbocycles. The third kappa shape index (κ3) is 3.85. The number of hydrogen-bond acceptors (Lipinski definition) is 4. The van der Waals surface area contributed by atoms with Gasteiger partial charge in [-0.15, -0.1) is 0 Å². The summed E-state index contributed by atoms with van der Waals surface area (Å²) in [5.41, 5.74) is 0.574. The topological polar surface area (TPSA) is 91.6 Å². The van der Waals surface area contributed by atoms with Crippen molar-refractivity contribution in [3.8, 4) is 5.69 Å². The number of aromatic nitrogens is 3. The number of rotatable bonds is 3. The lowest BCUT2D eigenvalue weighted by molar-refractivity contribution is 0.0195. The molecule has 0 aliphatic carbocycles. The van der Waals surface area contributed by atoms with Crippen LogP contribution in [-0.2, 0) is 0 Å². The fraction of sp³-hybridized carbons (Fsp3) is 0.500. The summed E-state index contributed by atoms with van der Waals surface area (Å²) in [6.45, 7) is 8.01. The van der Waals surface area contributed by atoms with E-state index in [1.54, 1.807) is 29.4 Å². The maximum absolute atomic E-state index is 13.4. The molecule has 0 spiro atoms. The monoisotopic (exact) mass is 385 g/mol. The molecule has 28 heavy (non-hydrogen) atoms. The summed E-state index contributed by atoms with van der Waals surface area (Å²) in [5, 5.41) is 18.0. The summed E-state index contributed by atoms with van der Waals surface area (Å²) in [5.74, 6) is -0.135. The summed E-state index contributed by atoms with van der Waals surface area (Å²) in [4.78, 5) is 30.0. The average molecular weight is 385 g/mol. The van der Waals surface area contributed by atoms with Crippen LogP contribution in [-0.4, -0.2) is 66.1 Å². The summed E-state index contributed by atoms with van der Waals surface area (Å²) < 4.78 is 0. The molecule has 2 aromatic rings. The molecule has 1 N–H and O–H groups in total. The summed E-state index contributed by atoms with van der Waals surface area (Å²) in [6.07, 6.45) is 3.65. The van der Waals surface area contributed by atoms with Gasteiger partial charge < -0.3 is 10.0 Å². The second-order valence-electron chi connectivity index (χ2n) is 8.20. The maximum Gasteiger partial charge on any atom is 0.408 e. The van der Waals surface area contributed by atoms with E-state index in [1.807, 2.05) is 39.8 Å². The number of carboxylic acid groups (broad SMARTS) is 1. The Bertz CT molecular complexity index is 844. The van der Waals surface area contributed by atoms with E-state index in [1.165, 1.54) is 9.70 Å². The van der Waals surface area contributed by atoms with E-state index in [2.05, 4.69) is 10.2 Å². The second kappa shape index (κ2) is 7.61. The third-order valence-corrected chi connectivity index (χ3v) is 5.18. The smallest absolute Gasteiger partial charge is 0.408 e. The van der Waals surface area contributed by atoms with Crippen molar-refractivity contribution < 1.29 is 14.7 Å². The van der Waals surface area contributed by atoms with Crippen molar-refractivity contribution in [3.63, 3.8) is 0 Å². The summed E-state index contributed by atoms with van der Waals surface area (Å²) >= 11 is 0.